The molecule has 0 amide bonds. The molecule has 1 saturated heterocycles. The van der Waals surface area contributed by atoms with E-state index in [0.717, 1.165) is 24.5 Å². The molecule has 0 aliphatic carbocycles. The molecule has 4 nitrogen and oxygen atoms in total. The minimum absolute atomic E-state index is 0.360. The van der Waals surface area contributed by atoms with Gasteiger partial charge in [0.15, 0.2) is 0 Å². The summed E-state index contributed by atoms with van der Waals surface area (Å²) in [5.74, 6) is 0.932. The van der Waals surface area contributed by atoms with Crippen molar-refractivity contribution < 1.29 is 4.74 Å². The minimum atomic E-state index is 0.360. The Morgan fingerprint density at radius 1 is 1.17 bits per heavy atom. The van der Waals surface area contributed by atoms with Crippen molar-refractivity contribution in [3.05, 3.63) is 59.7 Å². The molecule has 1 aliphatic heterocycles. The van der Waals surface area contributed by atoms with Crippen molar-refractivity contribution in [1.82, 2.24) is 10.6 Å². The Balaban J connectivity index is 1.72. The van der Waals surface area contributed by atoms with Crippen LogP contribution in [-0.2, 0) is 6.54 Å². The highest BCUT2D eigenvalue weighted by atomic mass is 16.5. The van der Waals surface area contributed by atoms with Gasteiger partial charge in [-0.15, -0.1) is 0 Å². The van der Waals surface area contributed by atoms with Gasteiger partial charge in [-0.25, -0.2) is 0 Å². The third kappa shape index (κ3) is 3.89. The van der Waals surface area contributed by atoms with E-state index >= 15 is 0 Å². The molecule has 0 spiro atoms. The first-order chi connectivity index (χ1) is 11.8. The summed E-state index contributed by atoms with van der Waals surface area (Å²) in [5, 5.41) is 10.6. The van der Waals surface area contributed by atoms with Crippen molar-refractivity contribution in [3.63, 3.8) is 0 Å². The van der Waals surface area contributed by atoms with Gasteiger partial charge < -0.3 is 20.7 Å². The summed E-state index contributed by atoms with van der Waals surface area (Å²) in [5.41, 5.74) is 3.64. The van der Waals surface area contributed by atoms with Gasteiger partial charge in [0, 0.05) is 36.9 Å². The highest BCUT2D eigenvalue weighted by molar-refractivity contribution is 5.50. The maximum Gasteiger partial charge on any atom is 0.123 e. The molecule has 1 aliphatic rings. The number of anilines is 1. The Kier molecular flexibility index (Phi) is 5.72. The van der Waals surface area contributed by atoms with Crippen LogP contribution in [0.2, 0.25) is 0 Å². The van der Waals surface area contributed by atoms with E-state index in [4.69, 9.17) is 4.74 Å². The minimum Gasteiger partial charge on any atom is -0.496 e. The Labute approximate surface area is 144 Å². The lowest BCUT2D eigenvalue weighted by Gasteiger charge is -2.34. The van der Waals surface area contributed by atoms with Crippen LogP contribution in [0.3, 0.4) is 0 Å². The predicted molar refractivity (Wildman–Crippen MR) is 99.6 cm³/mol. The second-order valence-corrected chi connectivity index (χ2v) is 6.25. The van der Waals surface area contributed by atoms with Crippen molar-refractivity contribution in [2.45, 2.75) is 31.5 Å². The average Bonchev–Trinajstić information content (AvgIpc) is 2.67. The van der Waals surface area contributed by atoms with E-state index in [0.29, 0.717) is 12.1 Å². The molecule has 1 fully saturated rings. The first-order valence-electron chi connectivity index (χ1n) is 8.68. The third-order valence-electron chi connectivity index (χ3n) is 4.74. The van der Waals surface area contributed by atoms with Gasteiger partial charge in [-0.1, -0.05) is 30.3 Å². The second kappa shape index (κ2) is 8.18. The van der Waals surface area contributed by atoms with E-state index in [1.807, 2.05) is 19.2 Å². The van der Waals surface area contributed by atoms with Gasteiger partial charge in [0.2, 0.25) is 0 Å². The highest BCUT2D eigenvalue weighted by Crippen LogP contribution is 2.26. The summed E-state index contributed by atoms with van der Waals surface area (Å²) in [7, 11) is 3.67. The Morgan fingerprint density at radius 3 is 2.75 bits per heavy atom. The zero-order valence-corrected chi connectivity index (χ0v) is 14.5. The van der Waals surface area contributed by atoms with Gasteiger partial charge in [-0.05, 0) is 43.1 Å². The van der Waals surface area contributed by atoms with E-state index < -0.39 is 0 Å². The summed E-state index contributed by atoms with van der Waals surface area (Å²) < 4.78 is 5.51. The van der Waals surface area contributed by atoms with E-state index in [9.17, 15) is 0 Å². The highest BCUT2D eigenvalue weighted by Gasteiger charge is 2.25. The van der Waals surface area contributed by atoms with Gasteiger partial charge in [-0.3, -0.25) is 0 Å². The molecule has 0 radical (unpaired) electrons. The maximum absolute atomic E-state index is 5.51. The maximum atomic E-state index is 5.51. The average molecular weight is 325 g/mol. The fraction of sp³-hybridized carbons (Fsp3) is 0.400. The number of hydrogen-bond donors (Lipinski definition) is 3. The van der Waals surface area contributed by atoms with Crippen molar-refractivity contribution >= 4 is 5.69 Å². The molecule has 0 bridgehead atoms. The van der Waals surface area contributed by atoms with Crippen LogP contribution in [0.15, 0.2) is 48.5 Å². The Bertz CT molecular complexity index is 645. The monoisotopic (exact) mass is 325 g/mol. The largest absolute Gasteiger partial charge is 0.496 e. The molecular formula is C20H27N3O. The first kappa shape index (κ1) is 16.8. The SMILES string of the molecule is CNc1ccc(OC)c(CN[C@H]2CCCN[C@H]2c2ccccc2)c1. The van der Waals surface area contributed by atoms with E-state index in [1.54, 1.807) is 7.11 Å². The molecule has 1 heterocycles. The van der Waals surface area contributed by atoms with Gasteiger partial charge in [0.05, 0.1) is 7.11 Å². The molecule has 24 heavy (non-hydrogen) atoms. The molecule has 3 rings (SSSR count). The number of methoxy groups -OCH3 is 1. The van der Waals surface area contributed by atoms with Crippen LogP contribution < -0.4 is 20.7 Å². The number of ether oxygens (including phenoxy) is 1. The first-order valence-corrected chi connectivity index (χ1v) is 8.68. The summed E-state index contributed by atoms with van der Waals surface area (Å²) in [4.78, 5) is 0. The number of benzene rings is 2. The zero-order valence-electron chi connectivity index (χ0n) is 14.5. The lowest BCUT2D eigenvalue weighted by molar-refractivity contribution is 0.303. The third-order valence-corrected chi connectivity index (χ3v) is 4.74. The van der Waals surface area contributed by atoms with Crippen LogP contribution in [0.1, 0.15) is 30.0 Å². The van der Waals surface area contributed by atoms with Crippen molar-refractivity contribution in [2.24, 2.45) is 0 Å². The molecule has 128 valence electrons. The van der Waals surface area contributed by atoms with Crippen LogP contribution in [-0.4, -0.2) is 26.7 Å². The number of nitrogens with one attached hydrogen (secondary N) is 3. The van der Waals surface area contributed by atoms with Crippen LogP contribution >= 0.6 is 0 Å². The molecule has 0 saturated carbocycles. The summed E-state index contributed by atoms with van der Waals surface area (Å²) in [6, 6.07) is 17.7. The number of rotatable bonds is 6. The lowest BCUT2D eigenvalue weighted by atomic mass is 9.92. The number of hydrogen-bond acceptors (Lipinski definition) is 4. The van der Waals surface area contributed by atoms with E-state index in [2.05, 4.69) is 52.3 Å². The van der Waals surface area contributed by atoms with E-state index in [1.165, 1.54) is 24.0 Å². The standard InChI is InChI=1S/C20H27N3O/c1-21-17-10-11-19(24-2)16(13-17)14-23-18-9-6-12-22-20(18)15-7-4-3-5-8-15/h3-5,7-8,10-11,13,18,20-23H,6,9,12,14H2,1-2H3/t18-,20-/m0/s1. The van der Waals surface area contributed by atoms with Crippen molar-refractivity contribution in [1.29, 1.82) is 0 Å². The molecule has 0 unspecified atom stereocenters. The lowest BCUT2D eigenvalue weighted by Crippen LogP contribution is -2.45. The zero-order chi connectivity index (χ0) is 16.8. The number of piperidine rings is 1. The molecule has 2 atom stereocenters. The predicted octanol–water partition coefficient (Wildman–Crippen LogP) is 3.32. The van der Waals surface area contributed by atoms with Crippen molar-refractivity contribution in [2.75, 3.05) is 26.0 Å². The van der Waals surface area contributed by atoms with Gasteiger partial charge in [0.25, 0.3) is 0 Å². The van der Waals surface area contributed by atoms with Crippen LogP contribution in [0.4, 0.5) is 5.69 Å². The van der Waals surface area contributed by atoms with Crippen molar-refractivity contribution in [3.8, 4) is 5.75 Å². The normalized spacial score (nSPS) is 20.6. The topological polar surface area (TPSA) is 45.3 Å². The quantitative estimate of drug-likeness (QED) is 0.762. The summed E-state index contributed by atoms with van der Waals surface area (Å²) in [6.45, 7) is 1.88. The second-order valence-electron chi connectivity index (χ2n) is 6.25. The molecule has 3 N–H and O–H groups in total. The Hall–Kier alpha value is -2.04. The smallest absolute Gasteiger partial charge is 0.123 e. The fourth-order valence-electron chi connectivity index (χ4n) is 3.43. The summed E-state index contributed by atoms with van der Waals surface area (Å²) in [6.07, 6.45) is 2.38. The Morgan fingerprint density at radius 2 is 2.00 bits per heavy atom. The van der Waals surface area contributed by atoms with Crippen LogP contribution in [0.25, 0.3) is 0 Å². The van der Waals surface area contributed by atoms with Gasteiger partial charge in [-0.2, -0.15) is 0 Å². The van der Waals surface area contributed by atoms with Gasteiger partial charge >= 0.3 is 0 Å². The molecule has 4 heteroatoms. The fourth-order valence-corrected chi connectivity index (χ4v) is 3.43. The van der Waals surface area contributed by atoms with Crippen LogP contribution in [0.5, 0.6) is 5.75 Å². The molecule has 0 aromatic heterocycles. The van der Waals surface area contributed by atoms with E-state index in [-0.39, 0.29) is 0 Å². The molecule has 2 aromatic rings. The van der Waals surface area contributed by atoms with Gasteiger partial charge in [0.1, 0.15) is 5.75 Å². The summed E-state index contributed by atoms with van der Waals surface area (Å²) >= 11 is 0. The molecular weight excluding hydrogens is 298 g/mol. The molecule has 2 aromatic carbocycles. The van der Waals surface area contributed by atoms with Crippen LogP contribution in [0, 0.1) is 0 Å².